The largest absolute Gasteiger partial charge is 0.436 e. The monoisotopic (exact) mass is 536 g/mol. The summed E-state index contributed by atoms with van der Waals surface area (Å²) in [7, 11) is 0. The van der Waals surface area contributed by atoms with Crippen molar-refractivity contribution in [1.82, 2.24) is 24.2 Å². The Morgan fingerprint density at radius 1 is 1.18 bits per heavy atom. The molecule has 4 heterocycles. The predicted molar refractivity (Wildman–Crippen MR) is 136 cm³/mol. The van der Waals surface area contributed by atoms with Crippen molar-refractivity contribution in [2.45, 2.75) is 25.0 Å². The number of H-pyrrole nitrogens is 1. The maximum atomic E-state index is 15.1. The maximum absolute atomic E-state index is 15.1. The second kappa shape index (κ2) is 9.18. The van der Waals surface area contributed by atoms with Gasteiger partial charge in [0.25, 0.3) is 5.91 Å². The van der Waals surface area contributed by atoms with E-state index in [1.165, 1.54) is 22.9 Å². The molecule has 1 spiro atoms. The average Bonchev–Trinajstić information content (AvgIpc) is 3.55. The molecule has 1 fully saturated rings. The van der Waals surface area contributed by atoms with E-state index < -0.39 is 17.5 Å². The van der Waals surface area contributed by atoms with Crippen LogP contribution in [-0.4, -0.2) is 49.3 Å². The lowest BCUT2D eigenvalue weighted by molar-refractivity contribution is -0.0418. The van der Waals surface area contributed by atoms with Gasteiger partial charge in [0.2, 0.25) is 0 Å². The number of benzene rings is 2. The number of hydrogen-bond acceptors (Lipinski definition) is 5. The maximum Gasteiger partial charge on any atom is 0.412 e. The molecule has 6 rings (SSSR count). The topological polar surface area (TPSA) is 114 Å². The Morgan fingerprint density at radius 2 is 2.00 bits per heavy atom. The lowest BCUT2D eigenvalue weighted by Crippen LogP contribution is -2.53. The number of anilines is 1. The van der Waals surface area contributed by atoms with E-state index in [2.05, 4.69) is 15.4 Å². The summed E-state index contributed by atoms with van der Waals surface area (Å²) in [6.07, 6.45) is 6.52. The Bertz CT molecular complexity index is 1610. The SMILES string of the molecule is O=C1Nc2ccc(Cl)c(F)c2[C@@]2(CCCN(C(=O)c3cnn(Cc4ccc(-n5cc[nH]c5=O)cc4)c3)C2)O1. The Hall–Kier alpha value is -4.38. The zero-order chi connectivity index (χ0) is 26.4. The normalized spacial score (nSPS) is 18.7. The number of likely N-dealkylation sites (tertiary alicyclic amines) is 1. The van der Waals surface area contributed by atoms with Gasteiger partial charge in [0.15, 0.2) is 11.4 Å². The zero-order valence-electron chi connectivity index (χ0n) is 20.0. The van der Waals surface area contributed by atoms with Crippen molar-refractivity contribution in [3.63, 3.8) is 0 Å². The second-order valence-corrected chi connectivity index (χ2v) is 9.76. The Balaban J connectivity index is 1.20. The smallest absolute Gasteiger partial charge is 0.412 e. The van der Waals surface area contributed by atoms with Crippen LogP contribution in [0.5, 0.6) is 0 Å². The van der Waals surface area contributed by atoms with E-state index >= 15 is 4.39 Å². The van der Waals surface area contributed by atoms with Gasteiger partial charge in [-0.15, -0.1) is 0 Å². The first kappa shape index (κ1) is 24.0. The van der Waals surface area contributed by atoms with Crippen LogP contribution in [0.15, 0.2) is 66.0 Å². The number of fused-ring (bicyclic) bond motifs is 2. The van der Waals surface area contributed by atoms with Crippen LogP contribution in [0.1, 0.15) is 34.3 Å². The first-order valence-corrected chi connectivity index (χ1v) is 12.4. The van der Waals surface area contributed by atoms with Crippen LogP contribution in [-0.2, 0) is 16.9 Å². The molecular weight excluding hydrogens is 515 g/mol. The minimum Gasteiger partial charge on any atom is -0.436 e. The molecule has 12 heteroatoms. The van der Waals surface area contributed by atoms with E-state index in [1.54, 1.807) is 28.2 Å². The van der Waals surface area contributed by atoms with Gasteiger partial charge in [-0.3, -0.25) is 19.4 Å². The number of rotatable bonds is 4. The predicted octanol–water partition coefficient (Wildman–Crippen LogP) is 3.90. The van der Waals surface area contributed by atoms with Crippen LogP contribution in [0.4, 0.5) is 14.9 Å². The molecule has 38 heavy (non-hydrogen) atoms. The van der Waals surface area contributed by atoms with E-state index in [0.29, 0.717) is 31.5 Å². The molecule has 2 aliphatic rings. The molecule has 10 nitrogen and oxygen atoms in total. The summed E-state index contributed by atoms with van der Waals surface area (Å²) in [6, 6.07) is 10.3. The minimum absolute atomic E-state index is 0.00528. The van der Waals surface area contributed by atoms with Crippen molar-refractivity contribution in [2.24, 2.45) is 0 Å². The summed E-state index contributed by atoms with van der Waals surface area (Å²) in [5, 5.41) is 6.77. The summed E-state index contributed by atoms with van der Waals surface area (Å²) >= 11 is 6.04. The number of carbonyl (C=O) groups excluding carboxylic acids is 2. The second-order valence-electron chi connectivity index (χ2n) is 9.35. The Kier molecular flexibility index (Phi) is 5.79. The van der Waals surface area contributed by atoms with Crippen molar-refractivity contribution in [2.75, 3.05) is 18.4 Å². The van der Waals surface area contributed by atoms with Gasteiger partial charge in [-0.1, -0.05) is 23.7 Å². The number of aromatic amines is 1. The van der Waals surface area contributed by atoms with Crippen molar-refractivity contribution < 1.29 is 18.7 Å². The first-order chi connectivity index (χ1) is 18.3. The lowest BCUT2D eigenvalue weighted by atomic mass is 9.83. The lowest BCUT2D eigenvalue weighted by Gasteiger charge is -2.45. The molecule has 2 amide bonds. The summed E-state index contributed by atoms with van der Waals surface area (Å²) in [5.74, 6) is -0.963. The van der Waals surface area contributed by atoms with Gasteiger partial charge in [0, 0.05) is 25.1 Å². The van der Waals surface area contributed by atoms with Crippen molar-refractivity contribution >= 4 is 29.3 Å². The minimum atomic E-state index is -1.33. The van der Waals surface area contributed by atoms with Crippen LogP contribution in [0.3, 0.4) is 0 Å². The number of imidazole rings is 1. The number of nitrogens with zero attached hydrogens (tertiary/aromatic N) is 4. The molecule has 0 radical (unpaired) electrons. The molecule has 1 saturated heterocycles. The third-order valence-electron chi connectivity index (χ3n) is 6.91. The highest BCUT2D eigenvalue weighted by Crippen LogP contribution is 2.45. The van der Waals surface area contributed by atoms with Gasteiger partial charge in [0.05, 0.1) is 46.8 Å². The summed E-state index contributed by atoms with van der Waals surface area (Å²) in [6.45, 7) is 0.836. The van der Waals surface area contributed by atoms with Crippen LogP contribution < -0.4 is 11.0 Å². The number of aromatic nitrogens is 4. The molecule has 194 valence electrons. The number of piperidine rings is 1. The van der Waals surface area contributed by atoms with Gasteiger partial charge in [-0.05, 0) is 42.7 Å². The fourth-order valence-corrected chi connectivity index (χ4v) is 5.32. The molecule has 2 aromatic heterocycles. The quantitative estimate of drug-likeness (QED) is 0.410. The Labute approximate surface area is 220 Å². The molecule has 0 aliphatic carbocycles. The highest BCUT2D eigenvalue weighted by molar-refractivity contribution is 6.31. The molecule has 2 N–H and O–H groups in total. The van der Waals surface area contributed by atoms with Crippen LogP contribution in [0, 0.1) is 5.82 Å². The number of nitrogens with one attached hydrogen (secondary N) is 2. The van der Waals surface area contributed by atoms with Gasteiger partial charge >= 0.3 is 11.8 Å². The Morgan fingerprint density at radius 3 is 2.76 bits per heavy atom. The third kappa shape index (κ3) is 4.14. The van der Waals surface area contributed by atoms with Gasteiger partial charge in [-0.2, -0.15) is 5.10 Å². The number of hydrogen-bond donors (Lipinski definition) is 2. The van der Waals surface area contributed by atoms with Crippen molar-refractivity contribution in [3.8, 4) is 5.69 Å². The number of halogens is 2. The molecule has 1 atom stereocenters. The molecule has 0 unspecified atom stereocenters. The highest BCUT2D eigenvalue weighted by Gasteiger charge is 2.48. The summed E-state index contributed by atoms with van der Waals surface area (Å²) in [4.78, 5) is 41.7. The zero-order valence-corrected chi connectivity index (χ0v) is 20.7. The van der Waals surface area contributed by atoms with Crippen molar-refractivity contribution in [1.29, 1.82) is 0 Å². The van der Waals surface area contributed by atoms with Crippen LogP contribution in [0.2, 0.25) is 5.02 Å². The number of carbonyl (C=O) groups is 2. The third-order valence-corrected chi connectivity index (χ3v) is 7.20. The van der Waals surface area contributed by atoms with Crippen molar-refractivity contribution in [3.05, 3.63) is 99.2 Å². The van der Waals surface area contributed by atoms with Crippen LogP contribution >= 0.6 is 11.6 Å². The first-order valence-electron chi connectivity index (χ1n) is 12.0. The molecule has 0 bridgehead atoms. The number of ether oxygens (including phenoxy) is 1. The fourth-order valence-electron chi connectivity index (χ4n) is 5.16. The molecular formula is C26H22ClFN6O4. The number of amides is 2. The van der Waals surface area contributed by atoms with E-state index in [0.717, 1.165) is 11.3 Å². The van der Waals surface area contributed by atoms with Gasteiger partial charge < -0.3 is 14.6 Å². The van der Waals surface area contributed by atoms with Crippen LogP contribution in [0.25, 0.3) is 5.69 Å². The molecule has 2 aromatic carbocycles. The van der Waals surface area contributed by atoms with Gasteiger partial charge in [-0.25, -0.2) is 14.0 Å². The fraction of sp³-hybridized carbons (Fsp3) is 0.231. The standard InChI is InChI=1S/C26H22ClFN6O4/c27-19-6-7-20-21(22(19)28)26(38-25(37)31-20)8-1-10-32(15-26)23(35)17-12-30-33(14-17)13-16-2-4-18(5-3-16)34-11-9-29-24(34)36/h2-7,9,11-12,14H,1,8,10,13,15H2,(H,29,36)(H,31,37)/t26-/m0/s1. The summed E-state index contributed by atoms with van der Waals surface area (Å²) < 4.78 is 23.9. The van der Waals surface area contributed by atoms with Gasteiger partial charge in [0.1, 0.15) is 0 Å². The molecule has 2 aliphatic heterocycles. The summed E-state index contributed by atoms with van der Waals surface area (Å²) in [5.41, 5.74) is 0.918. The van der Waals surface area contributed by atoms with E-state index in [-0.39, 0.29) is 34.4 Å². The molecule has 0 saturated carbocycles. The van der Waals surface area contributed by atoms with E-state index in [4.69, 9.17) is 16.3 Å². The average molecular weight is 537 g/mol. The molecule has 4 aromatic rings. The van der Waals surface area contributed by atoms with E-state index in [9.17, 15) is 14.4 Å². The van der Waals surface area contributed by atoms with E-state index in [1.807, 2.05) is 24.3 Å². The highest BCUT2D eigenvalue weighted by atomic mass is 35.5.